The molecule has 0 radical (unpaired) electrons. The van der Waals surface area contributed by atoms with Gasteiger partial charge in [-0.2, -0.15) is 0 Å². The van der Waals surface area contributed by atoms with Gasteiger partial charge in [0.05, 0.1) is 19.1 Å². The van der Waals surface area contributed by atoms with Crippen LogP contribution in [0.3, 0.4) is 0 Å². The van der Waals surface area contributed by atoms with E-state index in [2.05, 4.69) is 10.9 Å². The van der Waals surface area contributed by atoms with Gasteiger partial charge in [0.2, 0.25) is 0 Å². The number of hydrogen-bond acceptors (Lipinski definition) is 4. The minimum absolute atomic E-state index is 0.00644. The second-order valence-electron chi connectivity index (χ2n) is 4.04. The lowest BCUT2D eigenvalue weighted by Crippen LogP contribution is -2.26. The van der Waals surface area contributed by atoms with Crippen molar-refractivity contribution in [3.8, 4) is 0 Å². The molecule has 1 fully saturated rings. The van der Waals surface area contributed by atoms with E-state index in [9.17, 15) is 4.79 Å². The summed E-state index contributed by atoms with van der Waals surface area (Å²) in [6.07, 6.45) is 0. The average molecular weight is 220 g/mol. The molecule has 4 heteroatoms. The zero-order chi connectivity index (χ0) is 11.5. The fraction of sp³-hybridized carbons (Fsp3) is 0.417. The quantitative estimate of drug-likeness (QED) is 0.728. The molecule has 0 spiro atoms. The highest BCUT2D eigenvalue weighted by Gasteiger charge is 2.34. The van der Waals surface area contributed by atoms with Gasteiger partial charge >= 0.3 is 5.97 Å². The van der Waals surface area contributed by atoms with Crippen molar-refractivity contribution in [1.82, 2.24) is 10.9 Å². The molecule has 2 rings (SSSR count). The zero-order valence-corrected chi connectivity index (χ0v) is 9.49. The zero-order valence-electron chi connectivity index (χ0n) is 9.49. The predicted octanol–water partition coefficient (Wildman–Crippen LogP) is 0.933. The summed E-state index contributed by atoms with van der Waals surface area (Å²) in [6, 6.07) is 8.16. The second kappa shape index (κ2) is 4.63. The Kier molecular flexibility index (Phi) is 3.22. The first-order chi connectivity index (χ1) is 7.72. The van der Waals surface area contributed by atoms with Gasteiger partial charge in [-0.1, -0.05) is 29.8 Å². The van der Waals surface area contributed by atoms with Gasteiger partial charge in [0.1, 0.15) is 0 Å². The standard InChI is InChI=1S/C12H16N2O2/c1-8-3-5-9(6-4-8)11-10(7-13-14-11)12(15)16-2/h3-6,10-11,13-14H,7H2,1-2H3. The molecule has 2 unspecified atom stereocenters. The maximum absolute atomic E-state index is 11.6. The highest BCUT2D eigenvalue weighted by atomic mass is 16.5. The van der Waals surface area contributed by atoms with Crippen LogP contribution in [0.15, 0.2) is 24.3 Å². The molecule has 1 saturated heterocycles. The lowest BCUT2D eigenvalue weighted by molar-refractivity contribution is -0.145. The van der Waals surface area contributed by atoms with Crippen LogP contribution in [-0.2, 0) is 9.53 Å². The lowest BCUT2D eigenvalue weighted by atomic mass is 9.94. The molecule has 0 aliphatic carbocycles. The Labute approximate surface area is 95.0 Å². The normalized spacial score (nSPS) is 24.4. The van der Waals surface area contributed by atoms with Gasteiger partial charge in [0.25, 0.3) is 0 Å². The van der Waals surface area contributed by atoms with E-state index in [1.54, 1.807) is 0 Å². The van der Waals surface area contributed by atoms with Gasteiger partial charge < -0.3 is 4.74 Å². The van der Waals surface area contributed by atoms with Crippen molar-refractivity contribution in [2.24, 2.45) is 5.92 Å². The van der Waals surface area contributed by atoms with Gasteiger partial charge in [-0.3, -0.25) is 10.2 Å². The number of carbonyl (C=O) groups excluding carboxylic acids is 1. The van der Waals surface area contributed by atoms with Crippen molar-refractivity contribution in [3.05, 3.63) is 35.4 Å². The molecule has 1 aliphatic rings. The average Bonchev–Trinajstić information content (AvgIpc) is 2.78. The summed E-state index contributed by atoms with van der Waals surface area (Å²) in [7, 11) is 1.42. The third-order valence-corrected chi connectivity index (χ3v) is 2.92. The smallest absolute Gasteiger partial charge is 0.312 e. The number of carbonyl (C=O) groups is 1. The summed E-state index contributed by atoms with van der Waals surface area (Å²) >= 11 is 0. The second-order valence-corrected chi connectivity index (χ2v) is 4.04. The molecule has 16 heavy (non-hydrogen) atoms. The number of methoxy groups -OCH3 is 1. The number of aryl methyl sites for hydroxylation is 1. The van der Waals surface area contributed by atoms with Crippen LogP contribution in [0.5, 0.6) is 0 Å². The molecule has 2 N–H and O–H groups in total. The Morgan fingerprint density at radius 2 is 2.06 bits per heavy atom. The van der Waals surface area contributed by atoms with E-state index in [0.717, 1.165) is 5.56 Å². The Bertz CT molecular complexity index is 375. The van der Waals surface area contributed by atoms with Gasteiger partial charge in [-0.25, -0.2) is 5.43 Å². The summed E-state index contributed by atoms with van der Waals surface area (Å²) in [5.74, 6) is -0.337. The third kappa shape index (κ3) is 2.08. The molecule has 1 aromatic rings. The first-order valence-corrected chi connectivity index (χ1v) is 5.35. The van der Waals surface area contributed by atoms with Gasteiger partial charge in [0.15, 0.2) is 0 Å². The maximum atomic E-state index is 11.6. The summed E-state index contributed by atoms with van der Waals surface area (Å²) in [5, 5.41) is 0. The summed E-state index contributed by atoms with van der Waals surface area (Å²) < 4.78 is 4.79. The maximum Gasteiger partial charge on any atom is 0.312 e. The number of ether oxygens (including phenoxy) is 1. The van der Waals surface area contributed by atoms with Crippen LogP contribution in [0.2, 0.25) is 0 Å². The van der Waals surface area contributed by atoms with Gasteiger partial charge in [-0.15, -0.1) is 0 Å². The Morgan fingerprint density at radius 1 is 1.38 bits per heavy atom. The number of hydrogen-bond donors (Lipinski definition) is 2. The largest absolute Gasteiger partial charge is 0.469 e. The van der Waals surface area contributed by atoms with Crippen LogP contribution in [0.4, 0.5) is 0 Å². The first-order valence-electron chi connectivity index (χ1n) is 5.35. The van der Waals surface area contributed by atoms with Crippen LogP contribution in [-0.4, -0.2) is 19.6 Å². The molecule has 2 atom stereocenters. The highest BCUT2D eigenvalue weighted by Crippen LogP contribution is 2.25. The number of benzene rings is 1. The molecule has 1 heterocycles. The molecule has 0 aromatic heterocycles. The minimum atomic E-state index is -0.178. The summed E-state index contributed by atoms with van der Waals surface area (Å²) in [6.45, 7) is 2.65. The SMILES string of the molecule is COC(=O)C1CNNC1c1ccc(C)cc1. The Morgan fingerprint density at radius 3 is 2.69 bits per heavy atom. The van der Waals surface area contributed by atoms with Crippen molar-refractivity contribution in [3.63, 3.8) is 0 Å². The van der Waals surface area contributed by atoms with Crippen molar-refractivity contribution in [1.29, 1.82) is 0 Å². The number of hydrazine groups is 1. The molecule has 0 amide bonds. The molecule has 1 aliphatic heterocycles. The van der Waals surface area contributed by atoms with Crippen LogP contribution < -0.4 is 10.9 Å². The van der Waals surface area contributed by atoms with Crippen molar-refractivity contribution in [2.75, 3.05) is 13.7 Å². The molecule has 4 nitrogen and oxygen atoms in total. The number of nitrogens with one attached hydrogen (secondary N) is 2. The Hall–Kier alpha value is -1.39. The van der Waals surface area contributed by atoms with Crippen LogP contribution in [0, 0.1) is 12.8 Å². The topological polar surface area (TPSA) is 50.4 Å². The molecule has 1 aromatic carbocycles. The third-order valence-electron chi connectivity index (χ3n) is 2.92. The van der Waals surface area contributed by atoms with Crippen LogP contribution >= 0.6 is 0 Å². The van der Waals surface area contributed by atoms with Crippen molar-refractivity contribution >= 4 is 5.97 Å². The van der Waals surface area contributed by atoms with Crippen LogP contribution in [0.1, 0.15) is 17.2 Å². The van der Waals surface area contributed by atoms with E-state index in [1.165, 1.54) is 12.7 Å². The van der Waals surface area contributed by atoms with Crippen molar-refractivity contribution in [2.45, 2.75) is 13.0 Å². The van der Waals surface area contributed by atoms with E-state index in [4.69, 9.17) is 4.74 Å². The highest BCUT2D eigenvalue weighted by molar-refractivity contribution is 5.74. The number of esters is 1. The summed E-state index contributed by atoms with van der Waals surface area (Å²) in [5.41, 5.74) is 8.42. The van der Waals surface area contributed by atoms with Gasteiger partial charge in [-0.05, 0) is 12.5 Å². The van der Waals surface area contributed by atoms with E-state index in [1.807, 2.05) is 31.2 Å². The molecule has 0 bridgehead atoms. The minimum Gasteiger partial charge on any atom is -0.469 e. The molecule has 86 valence electrons. The first kappa shape index (κ1) is 11.1. The van der Waals surface area contributed by atoms with E-state index >= 15 is 0 Å². The lowest BCUT2D eigenvalue weighted by Gasteiger charge is -2.16. The van der Waals surface area contributed by atoms with Gasteiger partial charge in [0, 0.05) is 6.54 Å². The molecular weight excluding hydrogens is 204 g/mol. The van der Waals surface area contributed by atoms with E-state index in [0.29, 0.717) is 6.54 Å². The fourth-order valence-corrected chi connectivity index (χ4v) is 1.96. The van der Waals surface area contributed by atoms with Crippen molar-refractivity contribution < 1.29 is 9.53 Å². The molecular formula is C12H16N2O2. The predicted molar refractivity (Wildman–Crippen MR) is 60.6 cm³/mol. The molecule has 0 saturated carbocycles. The number of rotatable bonds is 2. The monoisotopic (exact) mass is 220 g/mol. The fourth-order valence-electron chi connectivity index (χ4n) is 1.96. The van der Waals surface area contributed by atoms with E-state index in [-0.39, 0.29) is 17.9 Å². The summed E-state index contributed by atoms with van der Waals surface area (Å²) in [4.78, 5) is 11.6. The Balaban J connectivity index is 2.19. The van der Waals surface area contributed by atoms with Crippen LogP contribution in [0.25, 0.3) is 0 Å². The van der Waals surface area contributed by atoms with E-state index < -0.39 is 0 Å².